The quantitative estimate of drug-likeness (QED) is 0.617. The number of amides is 2. The molecular formula is C16H17NO4S. The Labute approximate surface area is 133 Å². The van der Waals surface area contributed by atoms with E-state index in [0.717, 1.165) is 27.8 Å². The SMILES string of the molecule is CCOC(=O)CCN1C(=O)S/C(=C\c2ccc(C)cc2)C1=O. The third-order valence-corrected chi connectivity index (χ3v) is 4.00. The predicted molar refractivity (Wildman–Crippen MR) is 85.1 cm³/mol. The van der Waals surface area contributed by atoms with Gasteiger partial charge in [-0.05, 0) is 37.2 Å². The van der Waals surface area contributed by atoms with Crippen LogP contribution < -0.4 is 0 Å². The van der Waals surface area contributed by atoms with Gasteiger partial charge >= 0.3 is 5.97 Å². The van der Waals surface area contributed by atoms with E-state index in [1.165, 1.54) is 0 Å². The van der Waals surface area contributed by atoms with Gasteiger partial charge in [0.25, 0.3) is 11.1 Å². The molecule has 0 bridgehead atoms. The lowest BCUT2D eigenvalue weighted by molar-refractivity contribution is -0.143. The monoisotopic (exact) mass is 319 g/mol. The van der Waals surface area contributed by atoms with Crippen LogP contribution in [0.15, 0.2) is 29.2 Å². The Balaban J connectivity index is 2.05. The van der Waals surface area contributed by atoms with Crippen molar-refractivity contribution in [2.24, 2.45) is 0 Å². The summed E-state index contributed by atoms with van der Waals surface area (Å²) in [5.74, 6) is -0.774. The van der Waals surface area contributed by atoms with Gasteiger partial charge in [0.2, 0.25) is 0 Å². The van der Waals surface area contributed by atoms with Crippen molar-refractivity contribution in [1.29, 1.82) is 0 Å². The van der Waals surface area contributed by atoms with E-state index in [0.29, 0.717) is 4.91 Å². The highest BCUT2D eigenvalue weighted by Crippen LogP contribution is 2.32. The number of ether oxygens (including phenoxy) is 1. The van der Waals surface area contributed by atoms with Crippen LogP contribution in [0.2, 0.25) is 0 Å². The van der Waals surface area contributed by atoms with Gasteiger partial charge in [-0.3, -0.25) is 19.3 Å². The number of benzene rings is 1. The molecule has 2 rings (SSSR count). The summed E-state index contributed by atoms with van der Waals surface area (Å²) in [4.78, 5) is 36.9. The molecule has 0 unspecified atom stereocenters. The zero-order valence-corrected chi connectivity index (χ0v) is 13.3. The lowest BCUT2D eigenvalue weighted by atomic mass is 10.1. The molecule has 5 nitrogen and oxygen atoms in total. The number of aryl methyl sites for hydroxylation is 1. The van der Waals surface area contributed by atoms with Crippen molar-refractivity contribution >= 4 is 35.0 Å². The number of imide groups is 1. The molecule has 1 fully saturated rings. The van der Waals surface area contributed by atoms with Crippen LogP contribution in [0.25, 0.3) is 6.08 Å². The van der Waals surface area contributed by atoms with E-state index in [-0.39, 0.29) is 30.7 Å². The molecule has 0 spiro atoms. The molecular weight excluding hydrogens is 302 g/mol. The molecule has 6 heteroatoms. The van der Waals surface area contributed by atoms with Crippen LogP contribution in [0.3, 0.4) is 0 Å². The number of nitrogens with zero attached hydrogens (tertiary/aromatic N) is 1. The smallest absolute Gasteiger partial charge is 0.307 e. The average Bonchev–Trinajstić information content (AvgIpc) is 2.74. The predicted octanol–water partition coefficient (Wildman–Crippen LogP) is 2.98. The average molecular weight is 319 g/mol. The Morgan fingerprint density at radius 2 is 1.95 bits per heavy atom. The number of carbonyl (C=O) groups is 3. The number of hydrogen-bond donors (Lipinski definition) is 0. The van der Waals surface area contributed by atoms with Gasteiger partial charge < -0.3 is 4.74 Å². The summed E-state index contributed by atoms with van der Waals surface area (Å²) < 4.78 is 4.80. The van der Waals surface area contributed by atoms with Crippen LogP contribution in [-0.4, -0.2) is 35.2 Å². The molecule has 0 aliphatic carbocycles. The maximum atomic E-state index is 12.2. The normalized spacial score (nSPS) is 16.5. The molecule has 22 heavy (non-hydrogen) atoms. The second-order valence-electron chi connectivity index (χ2n) is 4.80. The number of carbonyl (C=O) groups excluding carboxylic acids is 3. The van der Waals surface area contributed by atoms with E-state index in [9.17, 15) is 14.4 Å². The molecule has 0 radical (unpaired) electrons. The molecule has 2 amide bonds. The standard InChI is InChI=1S/C16H17NO4S/c1-3-21-14(18)8-9-17-15(19)13(22-16(17)20)10-12-6-4-11(2)5-7-12/h4-7,10H,3,8-9H2,1-2H3/b13-10-. The van der Waals surface area contributed by atoms with Crippen LogP contribution in [0, 0.1) is 6.92 Å². The van der Waals surface area contributed by atoms with Crippen molar-refractivity contribution < 1.29 is 19.1 Å². The van der Waals surface area contributed by atoms with Gasteiger partial charge in [0.05, 0.1) is 17.9 Å². The minimum Gasteiger partial charge on any atom is -0.466 e. The van der Waals surface area contributed by atoms with Gasteiger partial charge in [0.15, 0.2) is 0 Å². The lowest BCUT2D eigenvalue weighted by Crippen LogP contribution is -2.30. The Morgan fingerprint density at radius 3 is 2.59 bits per heavy atom. The molecule has 1 saturated heterocycles. The molecule has 1 aromatic carbocycles. The fourth-order valence-electron chi connectivity index (χ4n) is 1.94. The number of esters is 1. The highest BCUT2D eigenvalue weighted by Gasteiger charge is 2.35. The fourth-order valence-corrected chi connectivity index (χ4v) is 2.81. The molecule has 1 aliphatic heterocycles. The maximum Gasteiger partial charge on any atom is 0.307 e. The topological polar surface area (TPSA) is 63.7 Å². The van der Waals surface area contributed by atoms with Crippen LogP contribution in [0.4, 0.5) is 4.79 Å². The van der Waals surface area contributed by atoms with Crippen LogP contribution in [-0.2, 0) is 14.3 Å². The summed E-state index contributed by atoms with van der Waals surface area (Å²) in [6.45, 7) is 4.03. The van der Waals surface area contributed by atoms with Gasteiger partial charge in [-0.2, -0.15) is 0 Å². The Hall–Kier alpha value is -2.08. The molecule has 0 atom stereocenters. The third-order valence-electron chi connectivity index (χ3n) is 3.09. The zero-order chi connectivity index (χ0) is 16.1. The van der Waals surface area contributed by atoms with Crippen LogP contribution in [0.1, 0.15) is 24.5 Å². The number of rotatable bonds is 5. The minimum absolute atomic E-state index is 0.0176. The molecule has 1 aromatic rings. The summed E-state index contributed by atoms with van der Waals surface area (Å²) in [6.07, 6.45) is 1.71. The second-order valence-corrected chi connectivity index (χ2v) is 5.79. The van der Waals surface area contributed by atoms with E-state index in [2.05, 4.69) is 0 Å². The summed E-state index contributed by atoms with van der Waals surface area (Å²) in [7, 11) is 0. The van der Waals surface area contributed by atoms with Gasteiger partial charge in [-0.1, -0.05) is 29.8 Å². The summed E-state index contributed by atoms with van der Waals surface area (Å²) >= 11 is 0.892. The highest BCUT2D eigenvalue weighted by atomic mass is 32.2. The Kier molecular flexibility index (Phi) is 5.38. The van der Waals surface area contributed by atoms with Crippen molar-refractivity contribution in [3.8, 4) is 0 Å². The van der Waals surface area contributed by atoms with Crippen molar-refractivity contribution in [2.45, 2.75) is 20.3 Å². The first kappa shape index (κ1) is 16.3. The van der Waals surface area contributed by atoms with Crippen LogP contribution in [0.5, 0.6) is 0 Å². The molecule has 0 N–H and O–H groups in total. The number of thioether (sulfide) groups is 1. The van der Waals surface area contributed by atoms with Crippen LogP contribution >= 0.6 is 11.8 Å². The Morgan fingerprint density at radius 1 is 1.27 bits per heavy atom. The van der Waals surface area contributed by atoms with Crippen molar-refractivity contribution in [1.82, 2.24) is 4.90 Å². The second kappa shape index (κ2) is 7.26. The molecule has 0 aromatic heterocycles. The minimum atomic E-state index is -0.413. The van der Waals surface area contributed by atoms with Crippen molar-refractivity contribution in [2.75, 3.05) is 13.2 Å². The van der Waals surface area contributed by atoms with Gasteiger partial charge in [0, 0.05) is 6.54 Å². The first-order valence-corrected chi connectivity index (χ1v) is 7.80. The first-order valence-electron chi connectivity index (χ1n) is 6.99. The Bertz CT molecular complexity index is 622. The highest BCUT2D eigenvalue weighted by molar-refractivity contribution is 8.18. The zero-order valence-electron chi connectivity index (χ0n) is 12.5. The molecule has 0 saturated carbocycles. The summed E-state index contributed by atoms with van der Waals surface area (Å²) in [5, 5.41) is -0.354. The molecule has 1 heterocycles. The third kappa shape index (κ3) is 3.98. The number of hydrogen-bond acceptors (Lipinski definition) is 5. The molecule has 116 valence electrons. The fraction of sp³-hybridized carbons (Fsp3) is 0.312. The van der Waals surface area contributed by atoms with Crippen molar-refractivity contribution in [3.63, 3.8) is 0 Å². The lowest BCUT2D eigenvalue weighted by Gasteiger charge is -2.11. The maximum absolute atomic E-state index is 12.2. The summed E-state index contributed by atoms with van der Waals surface area (Å²) in [5.41, 5.74) is 1.99. The van der Waals surface area contributed by atoms with E-state index >= 15 is 0 Å². The van der Waals surface area contributed by atoms with Gasteiger partial charge in [-0.25, -0.2) is 0 Å². The molecule has 1 aliphatic rings. The largest absolute Gasteiger partial charge is 0.466 e. The van der Waals surface area contributed by atoms with E-state index in [4.69, 9.17) is 4.74 Å². The van der Waals surface area contributed by atoms with Gasteiger partial charge in [0.1, 0.15) is 0 Å². The van der Waals surface area contributed by atoms with E-state index in [1.807, 2.05) is 31.2 Å². The first-order chi connectivity index (χ1) is 10.5. The van der Waals surface area contributed by atoms with Crippen molar-refractivity contribution in [3.05, 3.63) is 40.3 Å². The van der Waals surface area contributed by atoms with E-state index in [1.54, 1.807) is 13.0 Å². The van der Waals surface area contributed by atoms with E-state index < -0.39 is 5.97 Å². The van der Waals surface area contributed by atoms with Gasteiger partial charge in [-0.15, -0.1) is 0 Å². The summed E-state index contributed by atoms with van der Waals surface area (Å²) in [6, 6.07) is 7.66.